The quantitative estimate of drug-likeness (QED) is 0.412. The highest BCUT2D eigenvalue weighted by molar-refractivity contribution is 5.98. The number of hydrogen-bond donors (Lipinski definition) is 2. The van der Waals surface area contributed by atoms with Gasteiger partial charge in [-0.3, -0.25) is 14.4 Å². The molecule has 3 N–H and O–H groups in total. The molecule has 212 valence electrons. The Morgan fingerprint density at radius 1 is 1.12 bits per heavy atom. The molecular weight excluding hydrogens is 518 g/mol. The van der Waals surface area contributed by atoms with E-state index in [0.29, 0.717) is 55.4 Å². The van der Waals surface area contributed by atoms with Gasteiger partial charge in [0.05, 0.1) is 19.6 Å². The van der Waals surface area contributed by atoms with Crippen LogP contribution in [0.4, 0.5) is 0 Å². The van der Waals surface area contributed by atoms with Gasteiger partial charge in [-0.1, -0.05) is 18.2 Å². The van der Waals surface area contributed by atoms with E-state index in [1.807, 2.05) is 6.08 Å². The summed E-state index contributed by atoms with van der Waals surface area (Å²) in [6.07, 6.45) is 6.20. The third-order valence-electron chi connectivity index (χ3n) is 6.94. The number of phenolic OH excluding ortho intramolecular Hbond substituents is 1. The van der Waals surface area contributed by atoms with Gasteiger partial charge in [0.15, 0.2) is 18.1 Å². The number of carbonyl (C=O) groups is 4. The molecule has 0 spiro atoms. The number of methoxy groups -OCH3 is 1. The number of fused-ring (bicyclic) bond motifs is 2. The first kappa shape index (κ1) is 28.7. The van der Waals surface area contributed by atoms with E-state index in [9.17, 15) is 24.3 Å². The number of ketones is 1. The van der Waals surface area contributed by atoms with Crippen LogP contribution < -0.4 is 19.9 Å². The number of hydrogen-bond acceptors (Lipinski definition) is 9. The van der Waals surface area contributed by atoms with Crippen LogP contribution in [0.2, 0.25) is 0 Å². The van der Waals surface area contributed by atoms with E-state index < -0.39 is 29.9 Å². The number of primary amides is 1. The molecule has 0 aliphatic carbocycles. The molecule has 10 nitrogen and oxygen atoms in total. The summed E-state index contributed by atoms with van der Waals surface area (Å²) in [5.41, 5.74) is 6.37. The van der Waals surface area contributed by atoms with Crippen molar-refractivity contribution in [3.05, 3.63) is 52.6 Å². The highest BCUT2D eigenvalue weighted by Crippen LogP contribution is 2.48. The van der Waals surface area contributed by atoms with Gasteiger partial charge in [0.2, 0.25) is 0 Å². The summed E-state index contributed by atoms with van der Waals surface area (Å²) in [6, 6.07) is 6.45. The summed E-state index contributed by atoms with van der Waals surface area (Å²) >= 11 is 0. The zero-order valence-electron chi connectivity index (χ0n) is 22.6. The molecule has 2 aromatic carbocycles. The lowest BCUT2D eigenvalue weighted by atomic mass is 9.83. The first-order chi connectivity index (χ1) is 19.2. The average Bonchev–Trinajstić information content (AvgIpc) is 2.90. The number of nitrogens with two attached hydrogens (primary N) is 1. The van der Waals surface area contributed by atoms with E-state index in [0.717, 1.165) is 0 Å². The second-order valence-corrected chi connectivity index (χ2v) is 9.94. The molecule has 2 aliphatic heterocycles. The molecule has 0 aromatic heterocycles. The van der Waals surface area contributed by atoms with Crippen LogP contribution in [0, 0.1) is 0 Å². The minimum Gasteiger partial charge on any atom is -0.507 e. The molecule has 0 saturated carbocycles. The summed E-state index contributed by atoms with van der Waals surface area (Å²) in [6.45, 7) is 1.41. The minimum atomic E-state index is -0.709. The Hall–Kier alpha value is -4.34. The normalized spacial score (nSPS) is 20.7. The van der Waals surface area contributed by atoms with Gasteiger partial charge in [0.1, 0.15) is 22.8 Å². The second kappa shape index (κ2) is 12.7. The maximum Gasteiger partial charge on any atom is 0.342 e. The van der Waals surface area contributed by atoms with Gasteiger partial charge in [0.25, 0.3) is 5.91 Å². The van der Waals surface area contributed by atoms with E-state index >= 15 is 0 Å². The van der Waals surface area contributed by atoms with Crippen molar-refractivity contribution in [1.29, 1.82) is 0 Å². The smallest absolute Gasteiger partial charge is 0.342 e. The van der Waals surface area contributed by atoms with Crippen molar-refractivity contribution in [2.24, 2.45) is 5.73 Å². The number of Topliss-reactive ketones (excluding diaryl/α,β-unsaturated/α-hetero) is 1. The van der Waals surface area contributed by atoms with Crippen molar-refractivity contribution in [3.8, 4) is 23.0 Å². The van der Waals surface area contributed by atoms with E-state index in [4.69, 9.17) is 24.7 Å². The Balaban J connectivity index is 1.78. The molecule has 2 aliphatic rings. The van der Waals surface area contributed by atoms with Crippen molar-refractivity contribution >= 4 is 29.7 Å². The van der Waals surface area contributed by atoms with Gasteiger partial charge in [-0.25, -0.2) is 4.79 Å². The SMILES string of the molecule is COc1cc(C2CC(=O)Oc3cc4c(c(O)c32)C(=O)O[C@@H](C)CCCC(=O)CCC/C=C/4)ccc1OCC(N)=O. The molecule has 0 radical (unpaired) electrons. The van der Waals surface area contributed by atoms with Gasteiger partial charge in [-0.15, -0.1) is 0 Å². The van der Waals surface area contributed by atoms with Crippen LogP contribution in [-0.4, -0.2) is 48.6 Å². The highest BCUT2D eigenvalue weighted by Gasteiger charge is 2.36. The van der Waals surface area contributed by atoms with Crippen LogP contribution in [0.3, 0.4) is 0 Å². The van der Waals surface area contributed by atoms with Crippen LogP contribution in [0.15, 0.2) is 30.3 Å². The van der Waals surface area contributed by atoms with Crippen molar-refractivity contribution in [2.45, 2.75) is 63.9 Å². The van der Waals surface area contributed by atoms with Gasteiger partial charge in [-0.05, 0) is 61.9 Å². The highest BCUT2D eigenvalue weighted by atomic mass is 16.5. The molecule has 1 amide bonds. The van der Waals surface area contributed by atoms with Crippen molar-refractivity contribution in [1.82, 2.24) is 0 Å². The van der Waals surface area contributed by atoms with Crippen molar-refractivity contribution in [3.63, 3.8) is 0 Å². The minimum absolute atomic E-state index is 0.0219. The number of esters is 2. The molecular formula is C30H33NO9. The number of cyclic esters (lactones) is 1. The third-order valence-corrected chi connectivity index (χ3v) is 6.94. The number of carbonyl (C=O) groups excluding carboxylic acids is 4. The van der Waals surface area contributed by atoms with Crippen molar-refractivity contribution < 1.29 is 43.2 Å². The van der Waals surface area contributed by atoms with Crippen LogP contribution in [0.5, 0.6) is 23.0 Å². The number of aromatic hydroxyl groups is 1. The lowest BCUT2D eigenvalue weighted by Gasteiger charge is -2.28. The number of benzene rings is 2. The summed E-state index contributed by atoms with van der Waals surface area (Å²) in [4.78, 5) is 49.3. The summed E-state index contributed by atoms with van der Waals surface area (Å²) in [5, 5.41) is 11.5. The standard InChI is InChI=1S/C30H33NO9/c1-17-7-6-10-20(32)9-5-3-4-8-19-14-24-28(29(35)27(19)30(36)39-17)21(15-26(34)40-24)18-11-12-22(23(13-18)37-2)38-16-25(31)33/h4,8,11-14,17,21,35H,3,5-7,9-10,15-16H2,1-2H3,(H2,31,33)/b8-4+/t17-,21?/m0/s1. The fraction of sp³-hybridized carbons (Fsp3) is 0.400. The number of ether oxygens (including phenoxy) is 4. The van der Waals surface area contributed by atoms with Crippen LogP contribution in [-0.2, 0) is 19.1 Å². The second-order valence-electron chi connectivity index (χ2n) is 9.94. The van der Waals surface area contributed by atoms with E-state index in [2.05, 4.69) is 0 Å². The summed E-state index contributed by atoms with van der Waals surface area (Å²) in [7, 11) is 1.43. The zero-order valence-corrected chi connectivity index (χ0v) is 22.6. The fourth-order valence-corrected chi connectivity index (χ4v) is 4.97. The predicted molar refractivity (Wildman–Crippen MR) is 145 cm³/mol. The van der Waals surface area contributed by atoms with Crippen LogP contribution in [0.25, 0.3) is 6.08 Å². The molecule has 2 heterocycles. The summed E-state index contributed by atoms with van der Waals surface area (Å²) in [5.74, 6) is -1.98. The van der Waals surface area contributed by atoms with E-state index in [1.54, 1.807) is 37.3 Å². The molecule has 4 rings (SSSR count). The van der Waals surface area contributed by atoms with E-state index in [1.165, 1.54) is 7.11 Å². The molecule has 0 saturated heterocycles. The van der Waals surface area contributed by atoms with Crippen LogP contribution in [0.1, 0.15) is 84.8 Å². The Kier molecular flexibility index (Phi) is 9.08. The monoisotopic (exact) mass is 551 g/mol. The van der Waals surface area contributed by atoms with Gasteiger partial charge >= 0.3 is 11.9 Å². The Bertz CT molecular complexity index is 1350. The average molecular weight is 552 g/mol. The Morgan fingerprint density at radius 3 is 2.65 bits per heavy atom. The van der Waals surface area contributed by atoms with Gasteiger partial charge in [-0.2, -0.15) is 0 Å². The number of allylic oxidation sites excluding steroid dienone is 1. The lowest BCUT2D eigenvalue weighted by molar-refractivity contribution is -0.135. The molecule has 40 heavy (non-hydrogen) atoms. The van der Waals surface area contributed by atoms with Crippen molar-refractivity contribution in [2.75, 3.05) is 13.7 Å². The largest absolute Gasteiger partial charge is 0.507 e. The first-order valence-electron chi connectivity index (χ1n) is 13.3. The first-order valence-corrected chi connectivity index (χ1v) is 13.3. The number of rotatable bonds is 5. The lowest BCUT2D eigenvalue weighted by Crippen LogP contribution is -2.23. The Labute approximate surface area is 232 Å². The third kappa shape index (κ3) is 6.62. The fourth-order valence-electron chi connectivity index (χ4n) is 4.97. The summed E-state index contributed by atoms with van der Waals surface area (Å²) < 4.78 is 22.0. The molecule has 0 fully saturated rings. The topological polar surface area (TPSA) is 151 Å². The number of phenols is 1. The zero-order chi connectivity index (χ0) is 28.8. The number of amides is 1. The maximum absolute atomic E-state index is 13.4. The van der Waals surface area contributed by atoms with E-state index in [-0.39, 0.29) is 47.2 Å². The molecule has 1 unspecified atom stereocenters. The maximum atomic E-state index is 13.4. The van der Waals surface area contributed by atoms with Crippen LogP contribution >= 0.6 is 0 Å². The molecule has 2 aromatic rings. The molecule has 0 bridgehead atoms. The molecule has 10 heteroatoms. The van der Waals surface area contributed by atoms with Gasteiger partial charge in [0, 0.05) is 24.3 Å². The molecule has 2 atom stereocenters. The Morgan fingerprint density at radius 2 is 1.90 bits per heavy atom. The predicted octanol–water partition coefficient (Wildman–Crippen LogP) is 4.19. The van der Waals surface area contributed by atoms with Gasteiger partial charge < -0.3 is 29.8 Å².